The number of ketones is 1. The van der Waals surface area contributed by atoms with E-state index in [9.17, 15) is 9.59 Å². The van der Waals surface area contributed by atoms with Crippen molar-refractivity contribution in [1.82, 2.24) is 0 Å². The van der Waals surface area contributed by atoms with E-state index in [-0.39, 0.29) is 29.9 Å². The van der Waals surface area contributed by atoms with E-state index in [2.05, 4.69) is 6.92 Å². The summed E-state index contributed by atoms with van der Waals surface area (Å²) in [5.74, 6) is -0.286. The summed E-state index contributed by atoms with van der Waals surface area (Å²) in [6.45, 7) is 5.89. The Morgan fingerprint density at radius 2 is 1.90 bits per heavy atom. The van der Waals surface area contributed by atoms with Crippen molar-refractivity contribution in [3.05, 3.63) is 0 Å². The molecule has 1 heterocycles. The third-order valence-corrected chi connectivity index (χ3v) is 4.16. The molecule has 0 saturated carbocycles. The van der Waals surface area contributed by atoms with Crippen molar-refractivity contribution in [2.45, 2.75) is 84.3 Å². The minimum Gasteiger partial charge on any atom is -0.460 e. The quantitative estimate of drug-likeness (QED) is 0.481. The molecule has 0 aromatic heterocycles. The number of rotatable bonds is 9. The topological polar surface area (TPSA) is 52.6 Å². The third-order valence-electron chi connectivity index (χ3n) is 4.16. The highest BCUT2D eigenvalue weighted by atomic mass is 16.6. The molecule has 4 nitrogen and oxygen atoms in total. The lowest BCUT2D eigenvalue weighted by Gasteiger charge is -2.35. The molecule has 3 atom stereocenters. The summed E-state index contributed by atoms with van der Waals surface area (Å²) in [6.07, 6.45) is 7.88. The second-order valence-electron chi connectivity index (χ2n) is 6.05. The number of carbonyl (C=O) groups excluding carboxylic acids is 2. The van der Waals surface area contributed by atoms with Gasteiger partial charge in [-0.05, 0) is 26.2 Å². The van der Waals surface area contributed by atoms with Crippen LogP contribution in [0.5, 0.6) is 0 Å². The molecule has 21 heavy (non-hydrogen) atoms. The largest absolute Gasteiger partial charge is 0.460 e. The van der Waals surface area contributed by atoms with Gasteiger partial charge in [-0.15, -0.1) is 0 Å². The lowest BCUT2D eigenvalue weighted by atomic mass is 9.86. The van der Waals surface area contributed by atoms with Crippen molar-refractivity contribution in [1.29, 1.82) is 0 Å². The lowest BCUT2D eigenvalue weighted by molar-refractivity contribution is -0.169. The average molecular weight is 298 g/mol. The predicted molar refractivity (Wildman–Crippen MR) is 82.1 cm³/mol. The van der Waals surface area contributed by atoms with Crippen LogP contribution in [0.1, 0.15) is 72.1 Å². The van der Waals surface area contributed by atoms with Gasteiger partial charge in [0.25, 0.3) is 0 Å². The Kier molecular flexibility index (Phi) is 8.58. The second-order valence-corrected chi connectivity index (χ2v) is 6.05. The van der Waals surface area contributed by atoms with Gasteiger partial charge >= 0.3 is 5.97 Å². The average Bonchev–Trinajstić information content (AvgIpc) is 2.43. The Morgan fingerprint density at radius 1 is 1.19 bits per heavy atom. The fourth-order valence-corrected chi connectivity index (χ4v) is 3.06. The molecule has 0 bridgehead atoms. The molecule has 1 rings (SSSR count). The molecule has 1 saturated heterocycles. The van der Waals surface area contributed by atoms with E-state index in [1.807, 2.05) is 0 Å². The van der Waals surface area contributed by atoms with E-state index in [0.29, 0.717) is 6.61 Å². The summed E-state index contributed by atoms with van der Waals surface area (Å²) < 4.78 is 11.2. The molecule has 0 unspecified atom stereocenters. The van der Waals surface area contributed by atoms with Crippen LogP contribution in [-0.2, 0) is 19.1 Å². The summed E-state index contributed by atoms with van der Waals surface area (Å²) in [5, 5.41) is 0. The van der Waals surface area contributed by atoms with Gasteiger partial charge < -0.3 is 9.47 Å². The Balaban J connectivity index is 2.55. The molecule has 122 valence electrons. The molecule has 1 aliphatic heterocycles. The summed E-state index contributed by atoms with van der Waals surface area (Å²) in [4.78, 5) is 23.2. The smallest absolute Gasteiger partial charge is 0.302 e. The Hall–Kier alpha value is -0.900. The molecule has 0 aliphatic carbocycles. The minimum absolute atomic E-state index is 0.142. The molecule has 0 spiro atoms. The monoisotopic (exact) mass is 298 g/mol. The highest BCUT2D eigenvalue weighted by molar-refractivity contribution is 5.79. The zero-order valence-corrected chi connectivity index (χ0v) is 13.7. The van der Waals surface area contributed by atoms with Crippen LogP contribution in [0.2, 0.25) is 0 Å². The van der Waals surface area contributed by atoms with Crippen LogP contribution in [0.4, 0.5) is 0 Å². The molecular weight excluding hydrogens is 268 g/mol. The third kappa shape index (κ3) is 6.60. The summed E-state index contributed by atoms with van der Waals surface area (Å²) in [6, 6.07) is 0. The van der Waals surface area contributed by atoms with Crippen LogP contribution in [-0.4, -0.2) is 30.6 Å². The maximum Gasteiger partial charge on any atom is 0.302 e. The normalized spacial score (nSPS) is 23.6. The molecule has 0 N–H and O–H groups in total. The Morgan fingerprint density at radius 3 is 2.52 bits per heavy atom. The van der Waals surface area contributed by atoms with Crippen molar-refractivity contribution in [2.75, 3.05) is 6.61 Å². The highest BCUT2D eigenvalue weighted by Gasteiger charge is 2.36. The zero-order valence-electron chi connectivity index (χ0n) is 13.7. The molecule has 1 aliphatic rings. The van der Waals surface area contributed by atoms with Crippen molar-refractivity contribution < 1.29 is 19.1 Å². The van der Waals surface area contributed by atoms with E-state index in [0.717, 1.165) is 32.1 Å². The fourth-order valence-electron chi connectivity index (χ4n) is 3.06. The number of unbranched alkanes of at least 4 members (excludes halogenated alkanes) is 4. The van der Waals surface area contributed by atoms with Crippen LogP contribution in [0.3, 0.4) is 0 Å². The summed E-state index contributed by atoms with van der Waals surface area (Å²) >= 11 is 0. The van der Waals surface area contributed by atoms with E-state index < -0.39 is 0 Å². The second kappa shape index (κ2) is 9.93. The molecule has 0 amide bonds. The van der Waals surface area contributed by atoms with Crippen molar-refractivity contribution >= 4 is 11.8 Å². The van der Waals surface area contributed by atoms with E-state index >= 15 is 0 Å². The molecule has 0 aromatic carbocycles. The van der Waals surface area contributed by atoms with E-state index in [1.54, 1.807) is 6.92 Å². The van der Waals surface area contributed by atoms with Crippen LogP contribution >= 0.6 is 0 Å². The molecule has 0 radical (unpaired) electrons. The first kappa shape index (κ1) is 18.1. The van der Waals surface area contributed by atoms with Gasteiger partial charge in [0.2, 0.25) is 0 Å². The highest BCUT2D eigenvalue weighted by Crippen LogP contribution is 2.28. The van der Waals surface area contributed by atoms with Gasteiger partial charge in [0.1, 0.15) is 18.0 Å². The standard InChI is InChI=1S/C17H30O4/c1-4-5-6-7-8-10-15(13(2)18)17-16(21-14(3)19)11-9-12-20-17/h15-17H,4-12H2,1-3H3/t15-,16-,17-/m1/s1. The first-order valence-corrected chi connectivity index (χ1v) is 8.35. The number of hydrogen-bond acceptors (Lipinski definition) is 4. The van der Waals surface area contributed by atoms with E-state index in [4.69, 9.17) is 9.47 Å². The number of Topliss-reactive ketones (excluding diaryl/α,β-unsaturated/α-hetero) is 1. The van der Waals surface area contributed by atoms with Crippen LogP contribution < -0.4 is 0 Å². The van der Waals surface area contributed by atoms with Gasteiger partial charge in [-0.2, -0.15) is 0 Å². The Labute approximate surface area is 128 Å². The summed E-state index contributed by atoms with van der Waals surface area (Å²) in [7, 11) is 0. The van der Waals surface area contributed by atoms with Crippen molar-refractivity contribution in [3.63, 3.8) is 0 Å². The number of carbonyl (C=O) groups is 2. The minimum atomic E-state index is -0.291. The Bertz CT molecular complexity index is 327. The van der Waals surface area contributed by atoms with Crippen LogP contribution in [0, 0.1) is 5.92 Å². The predicted octanol–water partition coefficient (Wildman–Crippen LogP) is 3.66. The molecular formula is C17H30O4. The fraction of sp³-hybridized carbons (Fsp3) is 0.882. The van der Waals surface area contributed by atoms with Gasteiger partial charge in [-0.25, -0.2) is 0 Å². The maximum absolute atomic E-state index is 12.0. The van der Waals surface area contributed by atoms with Gasteiger partial charge in [-0.3, -0.25) is 9.59 Å². The van der Waals surface area contributed by atoms with Crippen LogP contribution in [0.15, 0.2) is 0 Å². The molecule has 1 fully saturated rings. The first-order valence-electron chi connectivity index (χ1n) is 8.35. The SMILES string of the molecule is CCCCCCC[C@H](C(C)=O)[C@H]1OCCC[C@H]1OC(C)=O. The number of hydrogen-bond donors (Lipinski definition) is 0. The number of ether oxygens (including phenoxy) is 2. The maximum atomic E-state index is 12.0. The van der Waals surface area contributed by atoms with Crippen LogP contribution in [0.25, 0.3) is 0 Å². The van der Waals surface area contributed by atoms with Gasteiger partial charge in [0.05, 0.1) is 0 Å². The van der Waals surface area contributed by atoms with Gasteiger partial charge in [0.15, 0.2) is 0 Å². The number of esters is 1. The molecule has 0 aromatic rings. The first-order chi connectivity index (χ1) is 10.1. The van der Waals surface area contributed by atoms with Gasteiger partial charge in [-0.1, -0.05) is 39.0 Å². The van der Waals surface area contributed by atoms with Crippen molar-refractivity contribution in [2.24, 2.45) is 5.92 Å². The lowest BCUT2D eigenvalue weighted by Crippen LogP contribution is -2.44. The van der Waals surface area contributed by atoms with Gasteiger partial charge in [0, 0.05) is 19.4 Å². The van der Waals surface area contributed by atoms with E-state index in [1.165, 1.54) is 26.2 Å². The summed E-state index contributed by atoms with van der Waals surface area (Å²) in [5.41, 5.74) is 0. The zero-order chi connectivity index (χ0) is 15.7. The van der Waals surface area contributed by atoms with Crippen molar-refractivity contribution in [3.8, 4) is 0 Å². The molecule has 4 heteroatoms.